The van der Waals surface area contributed by atoms with E-state index in [1.165, 1.54) is 41.2 Å². The monoisotopic (exact) mass is 265 g/mol. The molecule has 0 spiro atoms. The van der Waals surface area contributed by atoms with Gasteiger partial charge in [0.1, 0.15) is 6.29 Å². The maximum absolute atomic E-state index is 12.0. The largest absolute Gasteiger partial charge is 0.298 e. The van der Waals surface area contributed by atoms with Gasteiger partial charge in [0.2, 0.25) is 0 Å². The summed E-state index contributed by atoms with van der Waals surface area (Å²) >= 11 is 0. The van der Waals surface area contributed by atoms with E-state index in [0.717, 1.165) is 0 Å². The lowest BCUT2D eigenvalue weighted by molar-refractivity contribution is 0.112. The lowest BCUT2D eigenvalue weighted by Gasteiger charge is -2.07. The van der Waals surface area contributed by atoms with Crippen LogP contribution in [0.5, 0.6) is 0 Å². The van der Waals surface area contributed by atoms with Crippen molar-refractivity contribution in [1.82, 2.24) is 9.78 Å². The molecule has 0 saturated carbocycles. The van der Waals surface area contributed by atoms with Crippen molar-refractivity contribution in [2.75, 3.05) is 4.72 Å². The van der Waals surface area contributed by atoms with Crippen LogP contribution in [0, 0.1) is 0 Å². The molecular weight excluding hydrogens is 254 g/mol. The zero-order valence-electron chi connectivity index (χ0n) is 9.57. The highest BCUT2D eigenvalue weighted by atomic mass is 32.2. The number of nitrogens with zero attached hydrogens (tertiary/aromatic N) is 2. The van der Waals surface area contributed by atoms with Gasteiger partial charge in [0, 0.05) is 18.3 Å². The zero-order valence-corrected chi connectivity index (χ0v) is 10.4. The Balaban J connectivity index is 2.28. The van der Waals surface area contributed by atoms with Gasteiger partial charge in [0.25, 0.3) is 10.0 Å². The summed E-state index contributed by atoms with van der Waals surface area (Å²) in [5.74, 6) is 0. The third-order valence-electron chi connectivity index (χ3n) is 2.35. The number of carbonyl (C=O) groups is 1. The quantitative estimate of drug-likeness (QED) is 0.837. The summed E-state index contributed by atoms with van der Waals surface area (Å²) in [6.45, 7) is 0. The molecule has 0 atom stereocenters. The van der Waals surface area contributed by atoms with Gasteiger partial charge >= 0.3 is 0 Å². The number of aldehydes is 1. The van der Waals surface area contributed by atoms with E-state index in [1.54, 1.807) is 7.05 Å². The van der Waals surface area contributed by atoms with Gasteiger partial charge in [-0.25, -0.2) is 0 Å². The number of rotatable bonds is 4. The van der Waals surface area contributed by atoms with Crippen molar-refractivity contribution in [1.29, 1.82) is 0 Å². The van der Waals surface area contributed by atoms with Crippen molar-refractivity contribution in [2.45, 2.75) is 5.03 Å². The molecule has 6 nitrogen and oxygen atoms in total. The van der Waals surface area contributed by atoms with Gasteiger partial charge in [0.15, 0.2) is 5.03 Å². The first kappa shape index (κ1) is 12.3. The number of aryl methyl sites for hydroxylation is 1. The summed E-state index contributed by atoms with van der Waals surface area (Å²) in [7, 11) is -2.11. The van der Waals surface area contributed by atoms with Crippen molar-refractivity contribution in [3.63, 3.8) is 0 Å². The molecule has 0 fully saturated rings. The number of hydrogen-bond donors (Lipinski definition) is 1. The highest BCUT2D eigenvalue weighted by Gasteiger charge is 2.17. The molecule has 2 rings (SSSR count). The molecule has 1 aromatic heterocycles. The molecule has 18 heavy (non-hydrogen) atoms. The van der Waals surface area contributed by atoms with E-state index >= 15 is 0 Å². The van der Waals surface area contributed by atoms with Gasteiger partial charge in [-0.2, -0.15) is 13.5 Å². The topological polar surface area (TPSA) is 81.1 Å². The molecule has 0 unspecified atom stereocenters. The number of benzene rings is 1. The summed E-state index contributed by atoms with van der Waals surface area (Å²) in [6.07, 6.45) is 2.10. The van der Waals surface area contributed by atoms with Crippen LogP contribution in [0.2, 0.25) is 0 Å². The number of nitrogens with one attached hydrogen (secondary N) is 1. The minimum absolute atomic E-state index is 0.0713. The minimum atomic E-state index is -3.66. The molecule has 2 aromatic rings. The second-order valence-corrected chi connectivity index (χ2v) is 5.27. The van der Waals surface area contributed by atoms with E-state index in [4.69, 9.17) is 0 Å². The van der Waals surface area contributed by atoms with Crippen LogP contribution in [0.15, 0.2) is 41.6 Å². The molecule has 0 aliphatic heterocycles. The molecule has 0 aliphatic rings. The molecule has 0 radical (unpaired) electrons. The summed E-state index contributed by atoms with van der Waals surface area (Å²) in [5.41, 5.74) is 0.875. The number of carbonyl (C=O) groups excluding carboxylic acids is 1. The van der Waals surface area contributed by atoms with Crippen molar-refractivity contribution in [2.24, 2.45) is 7.05 Å². The van der Waals surface area contributed by atoms with E-state index < -0.39 is 10.0 Å². The summed E-state index contributed by atoms with van der Waals surface area (Å²) in [4.78, 5) is 10.5. The Hall–Kier alpha value is -2.15. The molecule has 0 amide bonds. The molecular formula is C11H11N3O3S. The SMILES string of the molecule is Cn1nccc1S(=O)(=O)Nc1ccc(C=O)cc1. The highest BCUT2D eigenvalue weighted by molar-refractivity contribution is 7.92. The third kappa shape index (κ3) is 2.40. The van der Waals surface area contributed by atoms with E-state index in [9.17, 15) is 13.2 Å². The van der Waals surface area contributed by atoms with Gasteiger partial charge in [-0.3, -0.25) is 14.2 Å². The summed E-state index contributed by atoms with van der Waals surface area (Å²) < 4.78 is 27.7. The Kier molecular flexibility index (Phi) is 3.15. The number of hydrogen-bond acceptors (Lipinski definition) is 4. The molecule has 0 saturated heterocycles. The van der Waals surface area contributed by atoms with Crippen LogP contribution in [-0.4, -0.2) is 24.5 Å². The van der Waals surface area contributed by atoms with E-state index in [1.807, 2.05) is 0 Å². The molecule has 0 bridgehead atoms. The first-order chi connectivity index (χ1) is 8.53. The zero-order chi connectivity index (χ0) is 13.2. The molecule has 94 valence electrons. The van der Waals surface area contributed by atoms with E-state index in [-0.39, 0.29) is 5.03 Å². The van der Waals surface area contributed by atoms with Crippen molar-refractivity contribution in [3.05, 3.63) is 42.1 Å². The average molecular weight is 265 g/mol. The normalized spacial score (nSPS) is 11.2. The van der Waals surface area contributed by atoms with Crippen LogP contribution < -0.4 is 4.72 Å². The fourth-order valence-corrected chi connectivity index (χ4v) is 2.65. The second-order valence-electron chi connectivity index (χ2n) is 3.64. The van der Waals surface area contributed by atoms with Gasteiger partial charge in [-0.1, -0.05) is 0 Å². The minimum Gasteiger partial charge on any atom is -0.298 e. The Labute approximate surface area is 104 Å². The van der Waals surface area contributed by atoms with Crippen LogP contribution in [0.1, 0.15) is 10.4 Å². The second kappa shape index (κ2) is 4.61. The Morgan fingerprint density at radius 2 is 1.89 bits per heavy atom. The maximum atomic E-state index is 12.0. The van der Waals surface area contributed by atoms with E-state index in [0.29, 0.717) is 17.5 Å². The Morgan fingerprint density at radius 3 is 2.39 bits per heavy atom. The van der Waals surface area contributed by atoms with Crippen molar-refractivity contribution < 1.29 is 13.2 Å². The van der Waals surface area contributed by atoms with Crippen LogP contribution in [0.3, 0.4) is 0 Å². The van der Waals surface area contributed by atoms with Crippen molar-refractivity contribution in [3.8, 4) is 0 Å². The Bertz CT molecular complexity index is 659. The highest BCUT2D eigenvalue weighted by Crippen LogP contribution is 2.15. The lowest BCUT2D eigenvalue weighted by atomic mass is 10.2. The van der Waals surface area contributed by atoms with E-state index in [2.05, 4.69) is 9.82 Å². The number of aromatic nitrogens is 2. The summed E-state index contributed by atoms with van der Waals surface area (Å²) in [6, 6.07) is 7.53. The van der Waals surface area contributed by atoms with Crippen molar-refractivity contribution >= 4 is 22.0 Å². The van der Waals surface area contributed by atoms with Crippen LogP contribution in [0.25, 0.3) is 0 Å². The Morgan fingerprint density at radius 1 is 1.22 bits per heavy atom. The molecule has 7 heteroatoms. The maximum Gasteiger partial charge on any atom is 0.279 e. The average Bonchev–Trinajstić information content (AvgIpc) is 2.77. The third-order valence-corrected chi connectivity index (χ3v) is 3.81. The van der Waals surface area contributed by atoms with Gasteiger partial charge in [-0.05, 0) is 30.3 Å². The van der Waals surface area contributed by atoms with Crippen LogP contribution >= 0.6 is 0 Å². The lowest BCUT2D eigenvalue weighted by Crippen LogP contribution is -2.16. The fraction of sp³-hybridized carbons (Fsp3) is 0.0909. The molecule has 1 N–H and O–H groups in total. The molecule has 0 aliphatic carbocycles. The number of sulfonamides is 1. The first-order valence-electron chi connectivity index (χ1n) is 5.09. The fourth-order valence-electron chi connectivity index (χ4n) is 1.46. The molecule has 1 heterocycles. The smallest absolute Gasteiger partial charge is 0.279 e. The van der Waals surface area contributed by atoms with Crippen LogP contribution in [0.4, 0.5) is 5.69 Å². The standard InChI is InChI=1S/C11H11N3O3S/c1-14-11(6-7-12-14)18(16,17)13-10-4-2-9(8-15)3-5-10/h2-8,13H,1H3. The number of anilines is 1. The molecule has 1 aromatic carbocycles. The predicted octanol–water partition coefficient (Wildman–Crippen LogP) is 1.03. The van der Waals surface area contributed by atoms with Gasteiger partial charge in [0.05, 0.1) is 6.20 Å². The van der Waals surface area contributed by atoms with Crippen LogP contribution in [-0.2, 0) is 17.1 Å². The summed E-state index contributed by atoms with van der Waals surface area (Å²) in [5, 5.41) is 3.87. The van der Waals surface area contributed by atoms with Gasteiger partial charge in [-0.15, -0.1) is 0 Å². The predicted molar refractivity (Wildman–Crippen MR) is 65.8 cm³/mol. The van der Waals surface area contributed by atoms with Gasteiger partial charge < -0.3 is 0 Å². The first-order valence-corrected chi connectivity index (χ1v) is 6.57.